The number of likely N-dealkylation sites (N-methyl/N-ethyl adjacent to an activating group) is 1. The van der Waals surface area contributed by atoms with Gasteiger partial charge >= 0.3 is 0 Å². The largest absolute Gasteiger partial charge is 0.350 e. The first-order chi connectivity index (χ1) is 8.69. The third-order valence-corrected chi connectivity index (χ3v) is 3.64. The smallest absolute Gasteiger partial charge is 0.169 e. The monoisotopic (exact) mass is 245 g/mol. The van der Waals surface area contributed by atoms with Crippen molar-refractivity contribution in [3.8, 4) is 6.07 Å². The van der Waals surface area contributed by atoms with Crippen molar-refractivity contribution in [3.63, 3.8) is 0 Å². The second-order valence-corrected chi connectivity index (χ2v) is 4.65. The van der Waals surface area contributed by atoms with Crippen molar-refractivity contribution in [2.75, 3.05) is 24.5 Å². The van der Waals surface area contributed by atoms with Crippen LogP contribution in [0, 0.1) is 25.2 Å². The lowest BCUT2D eigenvalue weighted by atomic mass is 10.1. The summed E-state index contributed by atoms with van der Waals surface area (Å²) in [7, 11) is 0. The van der Waals surface area contributed by atoms with Crippen LogP contribution in [0.2, 0.25) is 0 Å². The van der Waals surface area contributed by atoms with E-state index in [1.165, 1.54) is 0 Å². The molecular weight excluding hydrogens is 226 g/mol. The van der Waals surface area contributed by atoms with E-state index in [0.717, 1.165) is 43.1 Å². The molecular formula is C13H19N5. The zero-order chi connectivity index (χ0) is 13.1. The minimum atomic E-state index is 0.415. The third kappa shape index (κ3) is 2.16. The van der Waals surface area contributed by atoms with Crippen molar-refractivity contribution in [1.82, 2.24) is 15.5 Å². The van der Waals surface area contributed by atoms with Crippen molar-refractivity contribution < 1.29 is 0 Å². The number of anilines is 1. The van der Waals surface area contributed by atoms with Crippen molar-refractivity contribution in [2.45, 2.75) is 33.2 Å². The summed E-state index contributed by atoms with van der Waals surface area (Å²) >= 11 is 0. The number of nitrogens with zero attached hydrogens (tertiary/aromatic N) is 4. The lowest BCUT2D eigenvalue weighted by molar-refractivity contribution is 0.633. The average molecular weight is 245 g/mol. The maximum atomic E-state index is 9.35. The molecule has 2 heterocycles. The Hall–Kier alpha value is -1.67. The van der Waals surface area contributed by atoms with Crippen molar-refractivity contribution in [3.05, 3.63) is 16.8 Å². The van der Waals surface area contributed by atoms with Crippen LogP contribution in [0.25, 0.3) is 0 Å². The molecule has 0 bridgehead atoms. The van der Waals surface area contributed by atoms with Gasteiger partial charge in [0.15, 0.2) is 5.82 Å². The molecule has 1 unspecified atom stereocenters. The number of nitriles is 1. The van der Waals surface area contributed by atoms with E-state index in [-0.39, 0.29) is 0 Å². The van der Waals surface area contributed by atoms with Crippen LogP contribution in [0.15, 0.2) is 0 Å². The molecule has 1 saturated heterocycles. The first kappa shape index (κ1) is 12.8. The van der Waals surface area contributed by atoms with E-state index < -0.39 is 0 Å². The Bertz CT molecular complexity index is 471. The molecule has 0 aromatic carbocycles. The Morgan fingerprint density at radius 2 is 2.22 bits per heavy atom. The van der Waals surface area contributed by atoms with Gasteiger partial charge in [-0.15, -0.1) is 5.10 Å². The van der Waals surface area contributed by atoms with Gasteiger partial charge in [-0.05, 0) is 39.3 Å². The summed E-state index contributed by atoms with van der Waals surface area (Å²) in [6, 6.07) is 2.69. The maximum absolute atomic E-state index is 9.35. The molecule has 5 nitrogen and oxygen atoms in total. The average Bonchev–Trinajstić information content (AvgIpc) is 2.89. The first-order valence-electron chi connectivity index (χ1n) is 6.40. The fourth-order valence-electron chi connectivity index (χ4n) is 2.42. The predicted octanol–water partition coefficient (Wildman–Crippen LogP) is 1.15. The van der Waals surface area contributed by atoms with Crippen molar-refractivity contribution >= 4 is 5.82 Å². The number of hydrogen-bond acceptors (Lipinski definition) is 5. The Morgan fingerprint density at radius 3 is 2.78 bits per heavy atom. The van der Waals surface area contributed by atoms with Gasteiger partial charge in [-0.25, -0.2) is 0 Å². The fourth-order valence-corrected chi connectivity index (χ4v) is 2.42. The highest BCUT2D eigenvalue weighted by Gasteiger charge is 2.25. The molecule has 0 amide bonds. The summed E-state index contributed by atoms with van der Waals surface area (Å²) in [6.45, 7) is 8.75. The zero-order valence-corrected chi connectivity index (χ0v) is 11.2. The topological polar surface area (TPSA) is 64.8 Å². The molecule has 1 atom stereocenters. The summed E-state index contributed by atoms with van der Waals surface area (Å²) in [5, 5.41) is 21.1. The fraction of sp³-hybridized carbons (Fsp3) is 0.615. The molecule has 1 aliphatic rings. The highest BCUT2D eigenvalue weighted by Crippen LogP contribution is 2.24. The normalized spacial score (nSPS) is 18.7. The molecule has 18 heavy (non-hydrogen) atoms. The Morgan fingerprint density at radius 1 is 1.44 bits per heavy atom. The summed E-state index contributed by atoms with van der Waals surface area (Å²) in [5.74, 6) is 0.733. The number of aromatic nitrogens is 2. The van der Waals surface area contributed by atoms with E-state index in [0.29, 0.717) is 11.6 Å². The van der Waals surface area contributed by atoms with E-state index in [1.54, 1.807) is 0 Å². The Balaban J connectivity index is 2.42. The van der Waals surface area contributed by atoms with Crippen LogP contribution in [0.4, 0.5) is 5.82 Å². The molecule has 2 rings (SSSR count). The maximum Gasteiger partial charge on any atom is 0.169 e. The highest BCUT2D eigenvalue weighted by molar-refractivity contribution is 5.58. The van der Waals surface area contributed by atoms with Crippen LogP contribution in [0.1, 0.15) is 30.2 Å². The van der Waals surface area contributed by atoms with Crippen LogP contribution in [0.5, 0.6) is 0 Å². The zero-order valence-electron chi connectivity index (χ0n) is 11.2. The standard InChI is InChI=1S/C13H19N5/c1-4-18(11-5-6-15-8-11)13-12(7-14)9(2)10(3)16-17-13/h11,15H,4-6,8H2,1-3H3. The van der Waals surface area contributed by atoms with E-state index in [9.17, 15) is 5.26 Å². The summed E-state index contributed by atoms with van der Waals surface area (Å²) in [5.41, 5.74) is 2.43. The van der Waals surface area contributed by atoms with Gasteiger partial charge in [-0.3, -0.25) is 0 Å². The summed E-state index contributed by atoms with van der Waals surface area (Å²) < 4.78 is 0. The molecule has 1 aromatic rings. The van der Waals surface area contributed by atoms with Gasteiger partial charge in [-0.2, -0.15) is 10.4 Å². The third-order valence-electron chi connectivity index (χ3n) is 3.64. The van der Waals surface area contributed by atoms with Crippen molar-refractivity contribution in [2.24, 2.45) is 0 Å². The molecule has 0 saturated carbocycles. The van der Waals surface area contributed by atoms with Crippen LogP contribution >= 0.6 is 0 Å². The molecule has 96 valence electrons. The summed E-state index contributed by atoms with van der Waals surface area (Å²) in [4.78, 5) is 2.19. The van der Waals surface area contributed by atoms with Gasteiger partial charge in [0, 0.05) is 19.1 Å². The number of hydrogen-bond donors (Lipinski definition) is 1. The number of nitrogens with one attached hydrogen (secondary N) is 1. The first-order valence-corrected chi connectivity index (χ1v) is 6.40. The van der Waals surface area contributed by atoms with Gasteiger partial charge in [-0.1, -0.05) is 0 Å². The van der Waals surface area contributed by atoms with Gasteiger partial charge in [0.2, 0.25) is 0 Å². The Kier molecular flexibility index (Phi) is 3.78. The summed E-state index contributed by atoms with van der Waals surface area (Å²) in [6.07, 6.45) is 1.09. The highest BCUT2D eigenvalue weighted by atomic mass is 15.3. The SMILES string of the molecule is CCN(c1nnc(C)c(C)c1C#N)C1CCNC1. The molecule has 5 heteroatoms. The lowest BCUT2D eigenvalue weighted by Crippen LogP contribution is -2.38. The van der Waals surface area contributed by atoms with Crippen LogP contribution in [0.3, 0.4) is 0 Å². The molecule has 1 aliphatic heterocycles. The molecule has 1 aromatic heterocycles. The molecule has 1 N–H and O–H groups in total. The Labute approximate surface area is 108 Å². The van der Waals surface area contributed by atoms with E-state index in [2.05, 4.69) is 33.4 Å². The molecule has 0 radical (unpaired) electrons. The van der Waals surface area contributed by atoms with E-state index >= 15 is 0 Å². The number of aryl methyl sites for hydroxylation is 1. The van der Waals surface area contributed by atoms with Crippen LogP contribution < -0.4 is 10.2 Å². The molecule has 1 fully saturated rings. The van der Waals surface area contributed by atoms with Gasteiger partial charge in [0.25, 0.3) is 0 Å². The second kappa shape index (κ2) is 5.32. The van der Waals surface area contributed by atoms with E-state index in [4.69, 9.17) is 0 Å². The second-order valence-electron chi connectivity index (χ2n) is 4.65. The van der Waals surface area contributed by atoms with Gasteiger partial charge < -0.3 is 10.2 Å². The van der Waals surface area contributed by atoms with Crippen molar-refractivity contribution in [1.29, 1.82) is 5.26 Å². The predicted molar refractivity (Wildman–Crippen MR) is 70.5 cm³/mol. The van der Waals surface area contributed by atoms with Gasteiger partial charge in [0.1, 0.15) is 11.6 Å². The minimum Gasteiger partial charge on any atom is -0.350 e. The van der Waals surface area contributed by atoms with Gasteiger partial charge in [0.05, 0.1) is 5.69 Å². The van der Waals surface area contributed by atoms with E-state index in [1.807, 2.05) is 13.8 Å². The van der Waals surface area contributed by atoms with Crippen LogP contribution in [-0.2, 0) is 0 Å². The van der Waals surface area contributed by atoms with Crippen LogP contribution in [-0.4, -0.2) is 35.9 Å². The quantitative estimate of drug-likeness (QED) is 0.865. The molecule has 0 aliphatic carbocycles. The minimum absolute atomic E-state index is 0.415. The molecule has 0 spiro atoms. The number of rotatable bonds is 3. The lowest BCUT2D eigenvalue weighted by Gasteiger charge is -2.29.